The fourth-order valence-corrected chi connectivity index (χ4v) is 4.28. The van der Waals surface area contributed by atoms with Crippen LogP contribution in [0.4, 0.5) is 4.39 Å². The highest BCUT2D eigenvalue weighted by atomic mass is 35.5. The molecule has 1 heterocycles. The third-order valence-electron chi connectivity index (χ3n) is 5.47. The van der Waals surface area contributed by atoms with Crippen molar-refractivity contribution in [3.8, 4) is 11.5 Å². The van der Waals surface area contributed by atoms with Crippen molar-refractivity contribution in [3.05, 3.63) is 93.8 Å². The Labute approximate surface area is 175 Å². The van der Waals surface area contributed by atoms with Gasteiger partial charge < -0.3 is 9.47 Å². The molecule has 0 saturated heterocycles. The van der Waals surface area contributed by atoms with E-state index in [9.17, 15) is 4.39 Å². The molecular weight excluding hydrogens is 389 g/mol. The van der Waals surface area contributed by atoms with E-state index in [-0.39, 0.29) is 11.9 Å². The molecule has 0 unspecified atom stereocenters. The Balaban J connectivity index is 1.82. The second kappa shape index (κ2) is 8.44. The highest BCUT2D eigenvalue weighted by Crippen LogP contribution is 2.42. The zero-order valence-electron chi connectivity index (χ0n) is 16.5. The first kappa shape index (κ1) is 19.7. The predicted octanol–water partition coefficient (Wildman–Crippen LogP) is 5.64. The lowest BCUT2D eigenvalue weighted by atomic mass is 9.87. The Morgan fingerprint density at radius 2 is 1.76 bits per heavy atom. The molecule has 0 aliphatic carbocycles. The molecule has 4 rings (SSSR count). The van der Waals surface area contributed by atoms with Gasteiger partial charge in [-0.05, 0) is 53.4 Å². The Morgan fingerprint density at radius 3 is 2.48 bits per heavy atom. The van der Waals surface area contributed by atoms with Crippen LogP contribution in [0, 0.1) is 5.82 Å². The number of halogens is 2. The van der Waals surface area contributed by atoms with E-state index in [0.29, 0.717) is 22.9 Å². The summed E-state index contributed by atoms with van der Waals surface area (Å²) in [6.45, 7) is 1.31. The Bertz CT molecular complexity index is 1020. The van der Waals surface area contributed by atoms with Crippen LogP contribution in [-0.2, 0) is 13.0 Å². The Hall–Kier alpha value is -2.56. The first-order valence-electron chi connectivity index (χ1n) is 9.58. The van der Waals surface area contributed by atoms with Crippen LogP contribution in [0.3, 0.4) is 0 Å². The number of benzene rings is 3. The second-order valence-corrected chi connectivity index (χ2v) is 7.61. The normalized spacial score (nSPS) is 16.3. The largest absolute Gasteiger partial charge is 0.493 e. The van der Waals surface area contributed by atoms with Crippen LogP contribution < -0.4 is 9.47 Å². The van der Waals surface area contributed by atoms with Gasteiger partial charge in [-0.15, -0.1) is 0 Å². The van der Waals surface area contributed by atoms with Crippen molar-refractivity contribution in [2.75, 3.05) is 20.8 Å². The maximum atomic E-state index is 14.4. The predicted molar refractivity (Wildman–Crippen MR) is 113 cm³/mol. The molecule has 3 nitrogen and oxygen atoms in total. The van der Waals surface area contributed by atoms with Gasteiger partial charge in [-0.2, -0.15) is 0 Å². The number of nitrogens with zero attached hydrogens (tertiary/aromatic N) is 1. The molecule has 1 aliphatic heterocycles. The van der Waals surface area contributed by atoms with Crippen LogP contribution in [0.15, 0.2) is 60.7 Å². The number of methoxy groups -OCH3 is 2. The van der Waals surface area contributed by atoms with Crippen molar-refractivity contribution in [2.24, 2.45) is 0 Å². The summed E-state index contributed by atoms with van der Waals surface area (Å²) in [6.07, 6.45) is 0.848. The molecule has 0 saturated carbocycles. The zero-order chi connectivity index (χ0) is 20.4. The van der Waals surface area contributed by atoms with E-state index in [0.717, 1.165) is 29.8 Å². The molecule has 3 aromatic carbocycles. The summed E-state index contributed by atoms with van der Waals surface area (Å²) in [5.74, 6) is 1.22. The molecule has 150 valence electrons. The fraction of sp³-hybridized carbons (Fsp3) is 0.250. The maximum Gasteiger partial charge on any atom is 0.161 e. The van der Waals surface area contributed by atoms with Crippen molar-refractivity contribution in [1.29, 1.82) is 0 Å². The van der Waals surface area contributed by atoms with Crippen molar-refractivity contribution in [3.63, 3.8) is 0 Å². The monoisotopic (exact) mass is 411 g/mol. The number of hydrogen-bond acceptors (Lipinski definition) is 3. The maximum absolute atomic E-state index is 14.4. The summed E-state index contributed by atoms with van der Waals surface area (Å²) in [5, 5.41) is 0.681. The zero-order valence-corrected chi connectivity index (χ0v) is 17.2. The van der Waals surface area contributed by atoms with Gasteiger partial charge in [0.15, 0.2) is 11.5 Å². The van der Waals surface area contributed by atoms with Gasteiger partial charge in [0.25, 0.3) is 0 Å². The van der Waals surface area contributed by atoms with E-state index >= 15 is 0 Å². The van der Waals surface area contributed by atoms with Gasteiger partial charge in [0.05, 0.1) is 20.3 Å². The van der Waals surface area contributed by atoms with Crippen LogP contribution in [0.2, 0.25) is 5.02 Å². The van der Waals surface area contributed by atoms with Gasteiger partial charge in [-0.3, -0.25) is 4.90 Å². The Morgan fingerprint density at radius 1 is 1.00 bits per heavy atom. The molecule has 0 N–H and O–H groups in total. The fourth-order valence-electron chi connectivity index (χ4n) is 4.08. The lowest BCUT2D eigenvalue weighted by molar-refractivity contribution is 0.201. The average Bonchev–Trinajstić information content (AvgIpc) is 2.74. The van der Waals surface area contributed by atoms with E-state index in [1.165, 1.54) is 11.6 Å². The first-order chi connectivity index (χ1) is 14.1. The van der Waals surface area contributed by atoms with Gasteiger partial charge in [-0.1, -0.05) is 41.9 Å². The summed E-state index contributed by atoms with van der Waals surface area (Å²) in [7, 11) is 3.28. The van der Waals surface area contributed by atoms with E-state index in [2.05, 4.69) is 11.0 Å². The highest BCUT2D eigenvalue weighted by molar-refractivity contribution is 6.30. The minimum Gasteiger partial charge on any atom is -0.493 e. The minimum atomic E-state index is -0.185. The van der Waals surface area contributed by atoms with Crippen LogP contribution in [0.1, 0.15) is 28.3 Å². The summed E-state index contributed by atoms with van der Waals surface area (Å²) in [6, 6.07) is 18.8. The molecule has 0 spiro atoms. The molecule has 0 amide bonds. The van der Waals surface area contributed by atoms with Crippen molar-refractivity contribution < 1.29 is 13.9 Å². The number of fused-ring (bicyclic) bond motifs is 1. The van der Waals surface area contributed by atoms with Crippen molar-refractivity contribution in [1.82, 2.24) is 4.90 Å². The summed E-state index contributed by atoms with van der Waals surface area (Å²) < 4.78 is 25.4. The average molecular weight is 412 g/mol. The molecule has 0 fully saturated rings. The molecular formula is C24H23ClFNO2. The second-order valence-electron chi connectivity index (χ2n) is 7.18. The molecule has 5 heteroatoms. The summed E-state index contributed by atoms with van der Waals surface area (Å²) in [4.78, 5) is 2.29. The molecule has 1 aliphatic rings. The summed E-state index contributed by atoms with van der Waals surface area (Å²) >= 11 is 6.31. The molecule has 3 aromatic rings. The Kier molecular flexibility index (Phi) is 5.74. The van der Waals surface area contributed by atoms with Crippen LogP contribution in [-0.4, -0.2) is 25.7 Å². The van der Waals surface area contributed by atoms with Crippen LogP contribution in [0.25, 0.3) is 0 Å². The van der Waals surface area contributed by atoms with Gasteiger partial charge in [0.1, 0.15) is 5.82 Å². The quantitative estimate of drug-likeness (QED) is 0.542. The highest BCUT2D eigenvalue weighted by Gasteiger charge is 2.31. The minimum absolute atomic E-state index is 0.0585. The number of hydrogen-bond donors (Lipinski definition) is 0. The topological polar surface area (TPSA) is 21.7 Å². The van der Waals surface area contributed by atoms with Crippen LogP contribution in [0.5, 0.6) is 11.5 Å². The molecule has 1 atom stereocenters. The molecule has 0 radical (unpaired) electrons. The third kappa shape index (κ3) is 3.96. The standard InChI is InChI=1S/C24H23ClFNO2/c1-28-22-13-16-10-11-27(15-18-6-3-4-9-21(18)26)24(20(16)14-23(22)29-2)17-7-5-8-19(25)12-17/h3-9,12-14,24H,10-11,15H2,1-2H3/t24-/m0/s1. The number of ether oxygens (including phenoxy) is 2. The van der Waals surface area contributed by atoms with Gasteiger partial charge >= 0.3 is 0 Å². The van der Waals surface area contributed by atoms with Gasteiger partial charge in [0, 0.05) is 23.7 Å². The van der Waals surface area contributed by atoms with E-state index in [4.69, 9.17) is 21.1 Å². The van der Waals surface area contributed by atoms with E-state index in [1.54, 1.807) is 20.3 Å². The van der Waals surface area contributed by atoms with Crippen molar-refractivity contribution in [2.45, 2.75) is 19.0 Å². The van der Waals surface area contributed by atoms with Crippen molar-refractivity contribution >= 4 is 11.6 Å². The van der Waals surface area contributed by atoms with Gasteiger partial charge in [-0.25, -0.2) is 4.39 Å². The molecule has 29 heavy (non-hydrogen) atoms. The lowest BCUT2D eigenvalue weighted by Crippen LogP contribution is -2.36. The third-order valence-corrected chi connectivity index (χ3v) is 5.70. The van der Waals surface area contributed by atoms with E-state index in [1.807, 2.05) is 42.5 Å². The molecule has 0 aromatic heterocycles. The lowest BCUT2D eigenvalue weighted by Gasteiger charge is -2.38. The van der Waals surface area contributed by atoms with E-state index < -0.39 is 0 Å². The molecule has 0 bridgehead atoms. The smallest absolute Gasteiger partial charge is 0.161 e. The SMILES string of the molecule is COc1cc2c(cc1OC)[C@H](c1cccc(Cl)c1)N(Cc1ccccc1F)CC2. The first-order valence-corrected chi connectivity index (χ1v) is 9.96. The number of rotatable bonds is 5. The van der Waals surface area contributed by atoms with Gasteiger partial charge in [0.2, 0.25) is 0 Å². The van der Waals surface area contributed by atoms with Crippen LogP contribution >= 0.6 is 11.6 Å². The summed E-state index contributed by atoms with van der Waals surface area (Å²) in [5.41, 5.74) is 4.09.